The molecule has 1 amide bonds. The molecule has 2 aromatic rings. The van der Waals surface area contributed by atoms with E-state index in [9.17, 15) is 15.0 Å². The first kappa shape index (κ1) is 19.1. The SMILES string of the molecule is Cc1c(O)cccc1OC[C@@H]1COCCN1C(=O)c1cccnc1CCO. The molecule has 7 nitrogen and oxygen atoms in total. The van der Waals surface area contributed by atoms with Crippen LogP contribution in [-0.2, 0) is 11.2 Å². The Hall–Kier alpha value is -2.64. The highest BCUT2D eigenvalue weighted by atomic mass is 16.5. The molecule has 0 aliphatic carbocycles. The van der Waals surface area contributed by atoms with Crippen LogP contribution in [0, 0.1) is 6.92 Å². The van der Waals surface area contributed by atoms with E-state index in [1.54, 1.807) is 48.4 Å². The number of aromatic nitrogens is 1. The van der Waals surface area contributed by atoms with Gasteiger partial charge in [0.15, 0.2) is 0 Å². The summed E-state index contributed by atoms with van der Waals surface area (Å²) in [5.41, 5.74) is 1.73. The number of hydrogen-bond acceptors (Lipinski definition) is 6. The van der Waals surface area contributed by atoms with Crippen LogP contribution in [0.15, 0.2) is 36.5 Å². The number of ether oxygens (including phenoxy) is 2. The third-order valence-electron chi connectivity index (χ3n) is 4.64. The third kappa shape index (κ3) is 4.37. The van der Waals surface area contributed by atoms with Crippen molar-refractivity contribution in [3.8, 4) is 11.5 Å². The number of benzene rings is 1. The summed E-state index contributed by atoms with van der Waals surface area (Å²) in [7, 11) is 0. The standard InChI is InChI=1S/C20H24N2O5/c1-14-18(24)5-2-6-19(14)27-13-15-12-26-11-9-22(15)20(25)16-4-3-8-21-17(16)7-10-23/h2-6,8,15,23-24H,7,9-13H2,1H3/t15-/m0/s1. The molecule has 2 heterocycles. The number of aliphatic hydroxyl groups excluding tert-OH is 1. The summed E-state index contributed by atoms with van der Waals surface area (Å²) < 4.78 is 11.4. The molecule has 0 unspecified atom stereocenters. The lowest BCUT2D eigenvalue weighted by Crippen LogP contribution is -2.51. The van der Waals surface area contributed by atoms with Crippen molar-refractivity contribution in [3.05, 3.63) is 53.3 Å². The molecule has 2 N–H and O–H groups in total. The Bertz CT molecular complexity index is 796. The molecule has 0 spiro atoms. The van der Waals surface area contributed by atoms with Crippen LogP contribution in [-0.4, -0.2) is 65.0 Å². The molecule has 1 aromatic carbocycles. The summed E-state index contributed by atoms with van der Waals surface area (Å²) in [4.78, 5) is 19.1. The molecular weight excluding hydrogens is 348 g/mol. The normalized spacial score (nSPS) is 17.0. The zero-order valence-electron chi connectivity index (χ0n) is 15.3. The number of amides is 1. The van der Waals surface area contributed by atoms with E-state index in [4.69, 9.17) is 9.47 Å². The van der Waals surface area contributed by atoms with Gasteiger partial charge in [-0.1, -0.05) is 6.07 Å². The van der Waals surface area contributed by atoms with E-state index < -0.39 is 0 Å². The van der Waals surface area contributed by atoms with Gasteiger partial charge in [-0.05, 0) is 31.2 Å². The van der Waals surface area contributed by atoms with E-state index in [1.807, 2.05) is 0 Å². The van der Waals surface area contributed by atoms with Crippen molar-refractivity contribution < 1.29 is 24.5 Å². The van der Waals surface area contributed by atoms with Gasteiger partial charge in [0, 0.05) is 31.3 Å². The van der Waals surface area contributed by atoms with Crippen molar-refractivity contribution in [2.24, 2.45) is 0 Å². The minimum atomic E-state index is -0.254. The third-order valence-corrected chi connectivity index (χ3v) is 4.64. The number of phenols is 1. The molecule has 1 saturated heterocycles. The number of rotatable bonds is 6. The molecule has 0 saturated carbocycles. The summed E-state index contributed by atoms with van der Waals surface area (Å²) in [6, 6.07) is 8.30. The molecule has 3 rings (SSSR count). The maximum Gasteiger partial charge on any atom is 0.256 e. The Labute approximate surface area is 158 Å². The average Bonchev–Trinajstić information content (AvgIpc) is 2.69. The number of phenolic OH excluding ortho intramolecular Hbond substituents is 1. The number of aliphatic hydroxyl groups is 1. The van der Waals surface area contributed by atoms with Crippen LogP contribution < -0.4 is 4.74 Å². The van der Waals surface area contributed by atoms with E-state index in [0.717, 1.165) is 0 Å². The zero-order chi connectivity index (χ0) is 19.2. The number of carbonyl (C=O) groups excluding carboxylic acids is 1. The van der Waals surface area contributed by atoms with Gasteiger partial charge < -0.3 is 24.6 Å². The second-order valence-electron chi connectivity index (χ2n) is 6.41. The Balaban J connectivity index is 1.75. The monoisotopic (exact) mass is 372 g/mol. The molecule has 1 aromatic heterocycles. The second-order valence-corrected chi connectivity index (χ2v) is 6.41. The fraction of sp³-hybridized carbons (Fsp3) is 0.400. The number of morpholine rings is 1. The molecule has 1 aliphatic heterocycles. The lowest BCUT2D eigenvalue weighted by molar-refractivity contribution is -0.0152. The molecule has 0 bridgehead atoms. The topological polar surface area (TPSA) is 92.1 Å². The van der Waals surface area contributed by atoms with Gasteiger partial charge in [0.2, 0.25) is 0 Å². The maximum absolute atomic E-state index is 13.1. The van der Waals surface area contributed by atoms with Gasteiger partial charge >= 0.3 is 0 Å². The molecule has 1 aliphatic rings. The minimum absolute atomic E-state index is 0.0658. The number of pyridine rings is 1. The fourth-order valence-electron chi connectivity index (χ4n) is 3.10. The predicted octanol–water partition coefficient (Wildman–Crippen LogP) is 1.55. The Morgan fingerprint density at radius 2 is 2.22 bits per heavy atom. The van der Waals surface area contributed by atoms with Gasteiger partial charge in [0.05, 0.1) is 30.5 Å². The highest BCUT2D eigenvalue weighted by molar-refractivity contribution is 5.95. The molecule has 7 heteroatoms. The molecule has 1 fully saturated rings. The van der Waals surface area contributed by atoms with Gasteiger partial charge in [0.25, 0.3) is 5.91 Å². The first-order valence-electron chi connectivity index (χ1n) is 8.96. The van der Waals surface area contributed by atoms with Crippen LogP contribution in [0.25, 0.3) is 0 Å². The van der Waals surface area contributed by atoms with E-state index in [2.05, 4.69) is 4.98 Å². The fourth-order valence-corrected chi connectivity index (χ4v) is 3.10. The molecular formula is C20H24N2O5. The lowest BCUT2D eigenvalue weighted by Gasteiger charge is -2.35. The van der Waals surface area contributed by atoms with Crippen LogP contribution in [0.1, 0.15) is 21.6 Å². The molecule has 27 heavy (non-hydrogen) atoms. The van der Waals surface area contributed by atoms with Crippen LogP contribution >= 0.6 is 0 Å². The number of hydrogen-bond donors (Lipinski definition) is 2. The lowest BCUT2D eigenvalue weighted by atomic mass is 10.1. The molecule has 0 radical (unpaired) electrons. The van der Waals surface area contributed by atoms with Crippen molar-refractivity contribution >= 4 is 5.91 Å². The van der Waals surface area contributed by atoms with Gasteiger partial charge in [-0.3, -0.25) is 9.78 Å². The highest BCUT2D eigenvalue weighted by Crippen LogP contribution is 2.26. The average molecular weight is 372 g/mol. The number of aromatic hydroxyl groups is 1. The van der Waals surface area contributed by atoms with Crippen molar-refractivity contribution in [1.29, 1.82) is 0 Å². The van der Waals surface area contributed by atoms with Crippen LogP contribution in [0.5, 0.6) is 11.5 Å². The second kappa shape index (κ2) is 8.83. The van der Waals surface area contributed by atoms with Crippen molar-refractivity contribution in [3.63, 3.8) is 0 Å². The van der Waals surface area contributed by atoms with Crippen molar-refractivity contribution in [1.82, 2.24) is 9.88 Å². The van der Waals surface area contributed by atoms with Gasteiger partial charge in [-0.25, -0.2) is 0 Å². The Morgan fingerprint density at radius 3 is 3.04 bits per heavy atom. The van der Waals surface area contributed by atoms with Gasteiger partial charge in [0.1, 0.15) is 18.1 Å². The summed E-state index contributed by atoms with van der Waals surface area (Å²) in [6.07, 6.45) is 1.95. The smallest absolute Gasteiger partial charge is 0.256 e. The first-order chi connectivity index (χ1) is 13.1. The first-order valence-corrected chi connectivity index (χ1v) is 8.96. The quantitative estimate of drug-likeness (QED) is 0.799. The highest BCUT2D eigenvalue weighted by Gasteiger charge is 2.30. The van der Waals surface area contributed by atoms with Crippen molar-refractivity contribution in [2.75, 3.05) is 33.0 Å². The van der Waals surface area contributed by atoms with Crippen LogP contribution in [0.4, 0.5) is 0 Å². The number of carbonyl (C=O) groups is 1. The Kier molecular flexibility index (Phi) is 6.26. The molecule has 144 valence electrons. The van der Waals surface area contributed by atoms with E-state index in [-0.39, 0.29) is 30.9 Å². The predicted molar refractivity (Wildman–Crippen MR) is 99.0 cm³/mol. The van der Waals surface area contributed by atoms with Gasteiger partial charge in [-0.15, -0.1) is 0 Å². The van der Waals surface area contributed by atoms with Gasteiger partial charge in [-0.2, -0.15) is 0 Å². The van der Waals surface area contributed by atoms with E-state index >= 15 is 0 Å². The summed E-state index contributed by atoms with van der Waals surface area (Å²) in [6.45, 7) is 3.26. The number of nitrogens with zero attached hydrogens (tertiary/aromatic N) is 2. The Morgan fingerprint density at radius 1 is 1.37 bits per heavy atom. The maximum atomic E-state index is 13.1. The largest absolute Gasteiger partial charge is 0.508 e. The van der Waals surface area contributed by atoms with E-state index in [0.29, 0.717) is 48.7 Å². The van der Waals surface area contributed by atoms with E-state index in [1.165, 1.54) is 0 Å². The van der Waals surface area contributed by atoms with Crippen LogP contribution in [0.3, 0.4) is 0 Å². The molecule has 1 atom stereocenters. The minimum Gasteiger partial charge on any atom is -0.508 e. The van der Waals surface area contributed by atoms with Crippen molar-refractivity contribution in [2.45, 2.75) is 19.4 Å². The summed E-state index contributed by atoms with van der Waals surface area (Å²) >= 11 is 0. The summed E-state index contributed by atoms with van der Waals surface area (Å²) in [5, 5.41) is 19.0. The van der Waals surface area contributed by atoms with Crippen LogP contribution in [0.2, 0.25) is 0 Å². The summed E-state index contributed by atoms with van der Waals surface area (Å²) in [5.74, 6) is 0.607. The zero-order valence-corrected chi connectivity index (χ0v) is 15.3.